The summed E-state index contributed by atoms with van der Waals surface area (Å²) in [6.45, 7) is 2.55. The van der Waals surface area contributed by atoms with Gasteiger partial charge in [-0.15, -0.1) is 0 Å². The van der Waals surface area contributed by atoms with Gasteiger partial charge in [0.25, 0.3) is 5.91 Å². The Hall–Kier alpha value is -3.07. The molecule has 33 heavy (non-hydrogen) atoms. The molecule has 178 valence electrons. The minimum absolute atomic E-state index is 0. The van der Waals surface area contributed by atoms with E-state index in [1.54, 1.807) is 12.1 Å². The molecule has 3 rings (SSSR count). The Morgan fingerprint density at radius 2 is 1.67 bits per heavy atom. The van der Waals surface area contributed by atoms with Crippen molar-refractivity contribution in [3.63, 3.8) is 0 Å². The molecule has 2 aromatic carbocycles. The van der Waals surface area contributed by atoms with Crippen LogP contribution in [0.4, 0.5) is 0 Å². The molecule has 1 aliphatic heterocycles. The van der Waals surface area contributed by atoms with Crippen LogP contribution in [0.25, 0.3) is 11.1 Å². The Morgan fingerprint density at radius 3 is 2.18 bits per heavy atom. The van der Waals surface area contributed by atoms with Crippen molar-refractivity contribution in [3.05, 3.63) is 59.7 Å². The number of carbonyl (C=O) groups excluding carboxylic acids is 3. The number of nitrogens with one attached hydrogen (secondary N) is 1. The number of ketones is 1. The standard InChI is InChI=1S/C25H30N2O6.H2/c1-3-16-4-6-17(7-5-16)18-8-10-19(11-9-18)25(33)27-13-20(30)12-21(27)24(32)26-23(15(2)29)22(31)14-28;/h4-11,15,20-21,23,28-30H,3,12-14H2,1-2H3,(H,26,32);1H/t15-,20-,21+,23+;/m1./s1. The predicted molar refractivity (Wildman–Crippen MR) is 125 cm³/mol. The molecule has 0 spiro atoms. The highest BCUT2D eigenvalue weighted by Gasteiger charge is 2.40. The van der Waals surface area contributed by atoms with Gasteiger partial charge in [-0.25, -0.2) is 0 Å². The lowest BCUT2D eigenvalue weighted by molar-refractivity contribution is -0.133. The number of β-amino-alcohol motifs (C(OH)–C–C–N with tert-alkyl or cyclic N) is 1. The fraction of sp³-hybridized carbons (Fsp3) is 0.400. The molecular formula is C25H32N2O6. The number of hydrogen-bond acceptors (Lipinski definition) is 6. The lowest BCUT2D eigenvalue weighted by atomic mass is 10.0. The summed E-state index contributed by atoms with van der Waals surface area (Å²) in [5.74, 6) is -1.82. The number of aliphatic hydroxyl groups excluding tert-OH is 3. The van der Waals surface area contributed by atoms with E-state index in [1.807, 2.05) is 24.3 Å². The maximum Gasteiger partial charge on any atom is 0.254 e. The average molecular weight is 457 g/mol. The van der Waals surface area contributed by atoms with E-state index >= 15 is 0 Å². The molecule has 2 aromatic rings. The third-order valence-electron chi connectivity index (χ3n) is 5.95. The Labute approximate surface area is 194 Å². The van der Waals surface area contributed by atoms with Crippen LogP contribution in [-0.2, 0) is 16.0 Å². The van der Waals surface area contributed by atoms with E-state index in [0.717, 1.165) is 17.5 Å². The molecule has 0 radical (unpaired) electrons. The molecule has 0 aromatic heterocycles. The number of Topliss-reactive ketones (excluding diaryl/α,β-unsaturated/α-hetero) is 1. The van der Waals surface area contributed by atoms with Gasteiger partial charge in [-0.3, -0.25) is 14.4 Å². The van der Waals surface area contributed by atoms with E-state index in [9.17, 15) is 24.6 Å². The van der Waals surface area contributed by atoms with Gasteiger partial charge >= 0.3 is 0 Å². The molecule has 1 fully saturated rings. The number of rotatable bonds is 8. The van der Waals surface area contributed by atoms with Crippen LogP contribution in [0.2, 0.25) is 0 Å². The summed E-state index contributed by atoms with van der Waals surface area (Å²) < 4.78 is 0. The van der Waals surface area contributed by atoms with E-state index < -0.39 is 48.5 Å². The lowest BCUT2D eigenvalue weighted by Gasteiger charge is -2.27. The molecule has 1 heterocycles. The van der Waals surface area contributed by atoms with Crippen LogP contribution in [0.3, 0.4) is 0 Å². The van der Waals surface area contributed by atoms with Crippen molar-refractivity contribution in [2.75, 3.05) is 13.2 Å². The molecule has 1 saturated heterocycles. The van der Waals surface area contributed by atoms with Crippen LogP contribution < -0.4 is 5.32 Å². The van der Waals surface area contributed by atoms with Crippen LogP contribution in [0, 0.1) is 0 Å². The highest BCUT2D eigenvalue weighted by molar-refractivity contribution is 5.99. The smallest absolute Gasteiger partial charge is 0.254 e. The fourth-order valence-electron chi connectivity index (χ4n) is 4.01. The second-order valence-electron chi connectivity index (χ2n) is 8.34. The summed E-state index contributed by atoms with van der Waals surface area (Å²) in [5.41, 5.74) is 3.58. The molecule has 4 atom stereocenters. The van der Waals surface area contributed by atoms with Crippen molar-refractivity contribution in [3.8, 4) is 11.1 Å². The molecule has 4 N–H and O–H groups in total. The molecule has 0 bridgehead atoms. The maximum absolute atomic E-state index is 13.1. The first-order valence-corrected chi connectivity index (χ1v) is 11.1. The minimum atomic E-state index is -1.30. The van der Waals surface area contributed by atoms with Gasteiger partial charge in [-0.2, -0.15) is 0 Å². The van der Waals surface area contributed by atoms with Crippen molar-refractivity contribution in [2.24, 2.45) is 0 Å². The van der Waals surface area contributed by atoms with Crippen LogP contribution in [-0.4, -0.2) is 75.3 Å². The lowest BCUT2D eigenvalue weighted by Crippen LogP contribution is -2.54. The van der Waals surface area contributed by atoms with Crippen LogP contribution >= 0.6 is 0 Å². The highest BCUT2D eigenvalue weighted by Crippen LogP contribution is 2.24. The van der Waals surface area contributed by atoms with Gasteiger partial charge in [0, 0.05) is 20.0 Å². The highest BCUT2D eigenvalue weighted by atomic mass is 16.3. The normalized spacial score (nSPS) is 19.7. The van der Waals surface area contributed by atoms with Gasteiger partial charge < -0.3 is 25.5 Å². The Kier molecular flexibility index (Phi) is 7.97. The Balaban J connectivity index is 0.00000408. The first kappa shape index (κ1) is 24.6. The first-order valence-electron chi connectivity index (χ1n) is 11.1. The number of aliphatic hydroxyl groups is 3. The Bertz CT molecular complexity index is 993. The third-order valence-corrected chi connectivity index (χ3v) is 5.95. The van der Waals surface area contributed by atoms with Crippen LogP contribution in [0.15, 0.2) is 48.5 Å². The number of nitrogens with zero attached hydrogens (tertiary/aromatic N) is 1. The molecular weight excluding hydrogens is 424 g/mol. The number of hydrogen-bond donors (Lipinski definition) is 4. The van der Waals surface area contributed by atoms with Gasteiger partial charge in [0.15, 0.2) is 5.78 Å². The van der Waals surface area contributed by atoms with E-state index in [2.05, 4.69) is 24.4 Å². The van der Waals surface area contributed by atoms with Gasteiger partial charge in [-0.1, -0.05) is 43.3 Å². The summed E-state index contributed by atoms with van der Waals surface area (Å²) in [6, 6.07) is 12.9. The number of carbonyl (C=O) groups is 3. The summed E-state index contributed by atoms with van der Waals surface area (Å²) in [7, 11) is 0. The third kappa shape index (κ3) is 5.65. The molecule has 8 nitrogen and oxygen atoms in total. The second kappa shape index (κ2) is 10.7. The maximum atomic E-state index is 13.1. The molecule has 2 amide bonds. The zero-order chi connectivity index (χ0) is 24.1. The molecule has 0 saturated carbocycles. The number of likely N-dealkylation sites (tertiary alicyclic amines) is 1. The zero-order valence-corrected chi connectivity index (χ0v) is 18.8. The number of aryl methyl sites for hydroxylation is 1. The Morgan fingerprint density at radius 1 is 1.09 bits per heavy atom. The van der Waals surface area contributed by atoms with Crippen molar-refractivity contribution in [1.82, 2.24) is 10.2 Å². The van der Waals surface area contributed by atoms with Gasteiger partial charge in [0.05, 0.1) is 12.2 Å². The molecule has 1 aliphatic rings. The predicted octanol–water partition coefficient (Wildman–Crippen LogP) is 1.16. The molecule has 0 aliphatic carbocycles. The summed E-state index contributed by atoms with van der Waals surface area (Å²) in [5, 5.41) is 31.4. The van der Waals surface area contributed by atoms with Crippen LogP contribution in [0.5, 0.6) is 0 Å². The van der Waals surface area contributed by atoms with E-state index in [4.69, 9.17) is 5.11 Å². The fourth-order valence-corrected chi connectivity index (χ4v) is 4.01. The van der Waals surface area contributed by atoms with E-state index in [1.165, 1.54) is 17.4 Å². The van der Waals surface area contributed by atoms with Gasteiger partial charge in [0.1, 0.15) is 18.7 Å². The zero-order valence-electron chi connectivity index (χ0n) is 18.8. The van der Waals surface area contributed by atoms with Gasteiger partial charge in [-0.05, 0) is 42.2 Å². The SMILES string of the molecule is CCc1ccc(-c2ccc(C(=O)N3C[C@H](O)C[C@H]3C(=O)N[C@H](C(=O)CO)[C@@H](C)O)cc2)cc1.[HH]. The van der Waals surface area contributed by atoms with Crippen molar-refractivity contribution < 1.29 is 31.1 Å². The monoisotopic (exact) mass is 456 g/mol. The van der Waals surface area contributed by atoms with E-state index in [0.29, 0.717) is 5.56 Å². The summed E-state index contributed by atoms with van der Waals surface area (Å²) in [6.07, 6.45) is -1.14. The van der Waals surface area contributed by atoms with Crippen molar-refractivity contribution in [2.45, 2.75) is 51.0 Å². The largest absolute Gasteiger partial charge is 0.391 e. The molecule has 0 unspecified atom stereocenters. The average Bonchev–Trinajstić information content (AvgIpc) is 3.23. The second-order valence-corrected chi connectivity index (χ2v) is 8.34. The van der Waals surface area contributed by atoms with Crippen molar-refractivity contribution in [1.29, 1.82) is 0 Å². The minimum Gasteiger partial charge on any atom is -0.391 e. The molecule has 8 heteroatoms. The topological polar surface area (TPSA) is 127 Å². The van der Waals surface area contributed by atoms with Crippen LogP contribution in [0.1, 0.15) is 37.6 Å². The summed E-state index contributed by atoms with van der Waals surface area (Å²) >= 11 is 0. The van der Waals surface area contributed by atoms with Gasteiger partial charge in [0.2, 0.25) is 5.91 Å². The van der Waals surface area contributed by atoms with E-state index in [-0.39, 0.29) is 14.4 Å². The van der Waals surface area contributed by atoms with Crippen molar-refractivity contribution >= 4 is 17.6 Å². The summed E-state index contributed by atoms with van der Waals surface area (Å²) in [4.78, 5) is 39.0. The number of benzene rings is 2. The quantitative estimate of drug-likeness (QED) is 0.472. The number of amides is 2. The first-order chi connectivity index (χ1) is 15.7.